The maximum atomic E-state index is 11.8. The second kappa shape index (κ2) is 6.20. The van der Waals surface area contributed by atoms with E-state index in [0.717, 1.165) is 11.3 Å². The predicted octanol–water partition coefficient (Wildman–Crippen LogP) is 1.16. The van der Waals surface area contributed by atoms with E-state index in [9.17, 15) is 4.79 Å². The Morgan fingerprint density at radius 2 is 2.20 bits per heavy atom. The number of amides is 2. The van der Waals surface area contributed by atoms with Gasteiger partial charge in [-0.25, -0.2) is 15.2 Å². The average molecular weight is 292 g/mol. The molecule has 2 rings (SSSR count). The molecule has 0 atom stereocenters. The highest BCUT2D eigenvalue weighted by molar-refractivity contribution is 7.80. The van der Waals surface area contributed by atoms with Crippen LogP contribution in [0.15, 0.2) is 24.4 Å². The number of aryl methyl sites for hydroxylation is 1. The van der Waals surface area contributed by atoms with Crippen LogP contribution in [-0.4, -0.2) is 27.1 Å². The van der Waals surface area contributed by atoms with E-state index in [1.165, 1.54) is 0 Å². The number of fused-ring (bicyclic) bond motifs is 1. The van der Waals surface area contributed by atoms with Crippen LogP contribution in [0.2, 0.25) is 0 Å². The Hall–Kier alpha value is -2.35. The molecule has 0 aliphatic rings. The molecule has 8 heteroatoms. The Bertz CT molecular complexity index is 638. The van der Waals surface area contributed by atoms with Crippen molar-refractivity contribution in [1.82, 2.24) is 25.6 Å². The summed E-state index contributed by atoms with van der Waals surface area (Å²) in [6.07, 6.45) is 1.83. The molecule has 2 amide bonds. The molecule has 106 valence electrons. The van der Waals surface area contributed by atoms with E-state index in [-0.39, 0.29) is 0 Å². The lowest BCUT2D eigenvalue weighted by Crippen LogP contribution is -2.48. The average Bonchev–Trinajstić information content (AvgIpc) is 2.73. The van der Waals surface area contributed by atoms with Crippen molar-refractivity contribution < 1.29 is 4.79 Å². The van der Waals surface area contributed by atoms with Crippen LogP contribution in [0, 0.1) is 6.92 Å². The zero-order valence-electron chi connectivity index (χ0n) is 11.2. The third kappa shape index (κ3) is 3.15. The Morgan fingerprint density at radius 3 is 2.95 bits per heavy atom. The molecule has 0 bridgehead atoms. The molecule has 0 radical (unpaired) electrons. The van der Waals surface area contributed by atoms with Crippen molar-refractivity contribution in [3.05, 3.63) is 30.1 Å². The van der Waals surface area contributed by atoms with Gasteiger partial charge in [0.2, 0.25) is 0 Å². The molecule has 0 saturated heterocycles. The molecule has 4 N–H and O–H groups in total. The van der Waals surface area contributed by atoms with Gasteiger partial charge in [0.05, 0.1) is 5.69 Å². The number of pyridine rings is 1. The van der Waals surface area contributed by atoms with Crippen LogP contribution in [0.4, 0.5) is 10.6 Å². The Morgan fingerprint density at radius 1 is 1.40 bits per heavy atom. The van der Waals surface area contributed by atoms with Gasteiger partial charge in [-0.1, -0.05) is 6.07 Å². The molecule has 0 aliphatic heterocycles. The number of urea groups is 1. The van der Waals surface area contributed by atoms with Gasteiger partial charge < -0.3 is 5.32 Å². The van der Waals surface area contributed by atoms with Gasteiger partial charge in [-0.15, -0.1) is 0 Å². The van der Waals surface area contributed by atoms with Crippen molar-refractivity contribution >= 4 is 34.8 Å². The van der Waals surface area contributed by atoms with Crippen LogP contribution < -0.4 is 21.5 Å². The summed E-state index contributed by atoms with van der Waals surface area (Å²) in [6.45, 7) is 4.43. The Kier molecular flexibility index (Phi) is 4.36. The lowest BCUT2D eigenvalue weighted by atomic mass is 10.4. The van der Waals surface area contributed by atoms with Crippen LogP contribution in [-0.2, 0) is 0 Å². The molecule has 0 spiro atoms. The second-order valence-corrected chi connectivity index (χ2v) is 4.45. The molecule has 2 heterocycles. The van der Waals surface area contributed by atoms with Crippen molar-refractivity contribution in [3.8, 4) is 0 Å². The van der Waals surface area contributed by atoms with Crippen molar-refractivity contribution in [3.63, 3.8) is 0 Å². The standard InChI is InChI=1S/C12H16N6OS/c1-3-13-12(20)17-16-11(19)15-10-8(2)14-9-6-4-5-7-18(9)10/h4-7H,3H2,1-2H3,(H2,13,17,20)(H2,15,16,19). The summed E-state index contributed by atoms with van der Waals surface area (Å²) in [5.41, 5.74) is 6.56. The third-order valence-electron chi connectivity index (χ3n) is 2.56. The van der Waals surface area contributed by atoms with Crippen LogP contribution >= 0.6 is 12.2 Å². The highest BCUT2D eigenvalue weighted by Crippen LogP contribution is 2.16. The van der Waals surface area contributed by atoms with Crippen molar-refractivity contribution in [2.75, 3.05) is 11.9 Å². The first-order valence-electron chi connectivity index (χ1n) is 6.16. The molecular formula is C12H16N6OS. The first-order chi connectivity index (χ1) is 9.61. The first kappa shape index (κ1) is 14.1. The highest BCUT2D eigenvalue weighted by Gasteiger charge is 2.11. The SMILES string of the molecule is CCNC(=S)NNC(=O)Nc1c(C)nc2ccccn12. The number of aromatic nitrogens is 2. The number of imidazole rings is 1. The number of hydrogen-bond acceptors (Lipinski definition) is 3. The van der Waals surface area contributed by atoms with E-state index < -0.39 is 6.03 Å². The Labute approximate surface area is 121 Å². The summed E-state index contributed by atoms with van der Waals surface area (Å²) in [6, 6.07) is 5.21. The molecular weight excluding hydrogens is 276 g/mol. The summed E-state index contributed by atoms with van der Waals surface area (Å²) in [5.74, 6) is 0.620. The molecule has 20 heavy (non-hydrogen) atoms. The molecule has 0 fully saturated rings. The molecule has 7 nitrogen and oxygen atoms in total. The number of thiocarbonyl (C=S) groups is 1. The molecule has 2 aromatic rings. The number of hydrogen-bond donors (Lipinski definition) is 4. The molecule has 2 aromatic heterocycles. The van der Waals surface area contributed by atoms with E-state index in [0.29, 0.717) is 17.5 Å². The second-order valence-electron chi connectivity index (χ2n) is 4.04. The predicted molar refractivity (Wildman–Crippen MR) is 81.5 cm³/mol. The number of carbonyl (C=O) groups excluding carboxylic acids is 1. The van der Waals surface area contributed by atoms with Crippen molar-refractivity contribution in [2.24, 2.45) is 0 Å². The van der Waals surface area contributed by atoms with E-state index >= 15 is 0 Å². The van der Waals surface area contributed by atoms with E-state index in [4.69, 9.17) is 12.2 Å². The monoisotopic (exact) mass is 292 g/mol. The molecule has 0 unspecified atom stereocenters. The van der Waals surface area contributed by atoms with Crippen LogP contribution in [0.1, 0.15) is 12.6 Å². The maximum Gasteiger partial charge on any atom is 0.339 e. The van der Waals surface area contributed by atoms with Crippen LogP contribution in [0.3, 0.4) is 0 Å². The lowest BCUT2D eigenvalue weighted by Gasteiger charge is -2.11. The first-order valence-corrected chi connectivity index (χ1v) is 6.57. The summed E-state index contributed by atoms with van der Waals surface area (Å²) in [4.78, 5) is 16.2. The fraction of sp³-hybridized carbons (Fsp3) is 0.250. The largest absolute Gasteiger partial charge is 0.362 e. The quantitative estimate of drug-likeness (QED) is 0.493. The minimum Gasteiger partial charge on any atom is -0.362 e. The summed E-state index contributed by atoms with van der Waals surface area (Å²) < 4.78 is 1.80. The molecule has 0 aromatic carbocycles. The fourth-order valence-corrected chi connectivity index (χ4v) is 1.92. The zero-order chi connectivity index (χ0) is 14.5. The zero-order valence-corrected chi connectivity index (χ0v) is 12.0. The van der Waals surface area contributed by atoms with Gasteiger partial charge in [-0.3, -0.25) is 15.1 Å². The number of nitrogens with one attached hydrogen (secondary N) is 4. The Balaban J connectivity index is 2.03. The number of rotatable bonds is 2. The van der Waals surface area contributed by atoms with Crippen LogP contribution in [0.5, 0.6) is 0 Å². The van der Waals surface area contributed by atoms with E-state index in [1.54, 1.807) is 4.40 Å². The van der Waals surface area contributed by atoms with Crippen molar-refractivity contribution in [2.45, 2.75) is 13.8 Å². The van der Waals surface area contributed by atoms with Gasteiger partial charge in [0.15, 0.2) is 5.11 Å². The van der Waals surface area contributed by atoms with Gasteiger partial charge >= 0.3 is 6.03 Å². The number of nitrogens with zero attached hydrogens (tertiary/aromatic N) is 2. The summed E-state index contributed by atoms with van der Waals surface area (Å²) in [7, 11) is 0. The van der Waals surface area contributed by atoms with Gasteiger partial charge in [0, 0.05) is 12.7 Å². The van der Waals surface area contributed by atoms with Gasteiger partial charge in [-0.2, -0.15) is 0 Å². The minimum atomic E-state index is -0.418. The fourth-order valence-electron chi connectivity index (χ4n) is 1.72. The van der Waals surface area contributed by atoms with E-state index in [2.05, 4.69) is 26.5 Å². The number of carbonyl (C=O) groups is 1. The molecule has 0 aliphatic carbocycles. The molecule has 0 saturated carbocycles. The van der Waals surface area contributed by atoms with Gasteiger partial charge in [0.1, 0.15) is 11.5 Å². The third-order valence-corrected chi connectivity index (χ3v) is 2.81. The van der Waals surface area contributed by atoms with Gasteiger partial charge in [0.25, 0.3) is 0 Å². The lowest BCUT2D eigenvalue weighted by molar-refractivity contribution is 0.250. The topological polar surface area (TPSA) is 82.5 Å². The normalized spacial score (nSPS) is 10.1. The highest BCUT2D eigenvalue weighted by atomic mass is 32.1. The van der Waals surface area contributed by atoms with Crippen molar-refractivity contribution in [1.29, 1.82) is 0 Å². The van der Waals surface area contributed by atoms with Gasteiger partial charge in [-0.05, 0) is 38.2 Å². The summed E-state index contributed by atoms with van der Waals surface area (Å²) >= 11 is 4.94. The maximum absolute atomic E-state index is 11.8. The summed E-state index contributed by atoms with van der Waals surface area (Å²) in [5, 5.41) is 5.95. The number of anilines is 1. The van der Waals surface area contributed by atoms with Crippen LogP contribution in [0.25, 0.3) is 5.65 Å². The minimum absolute atomic E-state index is 0.359. The number of hydrazine groups is 1. The van der Waals surface area contributed by atoms with E-state index in [1.807, 2.05) is 38.2 Å². The smallest absolute Gasteiger partial charge is 0.339 e.